The maximum Gasteiger partial charge on any atom is 0.308 e. The Kier molecular flexibility index (Phi) is 2.40. The monoisotopic (exact) mass is 240 g/mol. The minimum absolute atomic E-state index is 0.0756. The number of benzene rings is 1. The third kappa shape index (κ3) is 1.38. The van der Waals surface area contributed by atoms with Crippen molar-refractivity contribution in [1.29, 1.82) is 0 Å². The average Bonchev–Trinajstić information content (AvgIpc) is 2.95. The van der Waals surface area contributed by atoms with Crippen molar-refractivity contribution in [3.8, 4) is 0 Å². The molecule has 1 saturated carbocycles. The number of aliphatic carboxylic acids is 1. The summed E-state index contributed by atoms with van der Waals surface area (Å²) in [6.07, 6.45) is 6.92. The smallest absolute Gasteiger partial charge is 0.308 e. The van der Waals surface area contributed by atoms with Crippen LogP contribution < -0.4 is 0 Å². The van der Waals surface area contributed by atoms with Crippen molar-refractivity contribution >= 4 is 5.97 Å². The van der Waals surface area contributed by atoms with E-state index >= 15 is 0 Å². The lowest BCUT2D eigenvalue weighted by atomic mass is 9.71. The van der Waals surface area contributed by atoms with Gasteiger partial charge in [-0.25, -0.2) is 0 Å². The van der Waals surface area contributed by atoms with E-state index in [9.17, 15) is 9.90 Å². The third-order valence-corrected chi connectivity index (χ3v) is 4.47. The molecule has 2 aliphatic rings. The Morgan fingerprint density at radius 1 is 1.39 bits per heavy atom. The van der Waals surface area contributed by atoms with Gasteiger partial charge >= 0.3 is 5.97 Å². The van der Waals surface area contributed by atoms with Gasteiger partial charge in [-0.15, -0.1) is 6.58 Å². The molecule has 1 aromatic carbocycles. The third-order valence-electron chi connectivity index (χ3n) is 4.47. The van der Waals surface area contributed by atoms with Gasteiger partial charge in [0.25, 0.3) is 0 Å². The molecular formula is C16H16O2. The number of rotatable bonds is 3. The van der Waals surface area contributed by atoms with Crippen LogP contribution in [-0.2, 0) is 4.79 Å². The van der Waals surface area contributed by atoms with Gasteiger partial charge in [0.1, 0.15) is 0 Å². The van der Waals surface area contributed by atoms with Crippen LogP contribution in [0, 0.1) is 17.3 Å². The van der Waals surface area contributed by atoms with Crippen LogP contribution in [0.3, 0.4) is 0 Å². The molecule has 0 aromatic heterocycles. The van der Waals surface area contributed by atoms with Crippen LogP contribution in [-0.4, -0.2) is 11.1 Å². The number of hydrogen-bond acceptors (Lipinski definition) is 1. The second-order valence-corrected chi connectivity index (χ2v) is 5.30. The van der Waals surface area contributed by atoms with Crippen LogP contribution in [0.1, 0.15) is 17.9 Å². The molecule has 1 N–H and O–H groups in total. The van der Waals surface area contributed by atoms with Gasteiger partial charge in [-0.05, 0) is 17.9 Å². The topological polar surface area (TPSA) is 37.3 Å². The molecule has 4 unspecified atom stereocenters. The Morgan fingerprint density at radius 3 is 2.72 bits per heavy atom. The number of allylic oxidation sites excluding steroid dienone is 3. The zero-order valence-electron chi connectivity index (χ0n) is 10.1. The Hall–Kier alpha value is -1.83. The van der Waals surface area contributed by atoms with Crippen molar-refractivity contribution in [2.45, 2.75) is 12.3 Å². The van der Waals surface area contributed by atoms with E-state index in [2.05, 4.69) is 12.7 Å². The molecule has 0 aliphatic heterocycles. The van der Waals surface area contributed by atoms with Gasteiger partial charge in [-0.3, -0.25) is 4.79 Å². The first-order valence-corrected chi connectivity index (χ1v) is 6.29. The van der Waals surface area contributed by atoms with Crippen LogP contribution in [0.15, 0.2) is 55.1 Å². The molecule has 0 heterocycles. The molecule has 3 rings (SSSR count). The second-order valence-electron chi connectivity index (χ2n) is 5.30. The number of carboxylic acids is 1. The van der Waals surface area contributed by atoms with Crippen molar-refractivity contribution in [2.75, 3.05) is 0 Å². The molecule has 4 atom stereocenters. The molecule has 0 spiro atoms. The molecule has 18 heavy (non-hydrogen) atoms. The maximum absolute atomic E-state index is 11.7. The summed E-state index contributed by atoms with van der Waals surface area (Å²) in [5.41, 5.74) is 0.778. The molecule has 1 fully saturated rings. The van der Waals surface area contributed by atoms with E-state index in [1.165, 1.54) is 0 Å². The summed E-state index contributed by atoms with van der Waals surface area (Å²) in [6.45, 7) is 3.86. The highest BCUT2D eigenvalue weighted by Crippen LogP contribution is 2.60. The fourth-order valence-electron chi connectivity index (χ4n) is 3.68. The molecule has 2 aliphatic carbocycles. The SMILES string of the molecule is C=CC12C=CC(C1)C(c1ccccc1)C2C(=O)O. The largest absolute Gasteiger partial charge is 0.481 e. The Labute approximate surface area is 107 Å². The van der Waals surface area contributed by atoms with E-state index in [1.54, 1.807) is 0 Å². The number of carbonyl (C=O) groups is 1. The minimum atomic E-state index is -0.712. The Bertz CT molecular complexity index is 517. The summed E-state index contributed by atoms with van der Waals surface area (Å²) < 4.78 is 0. The van der Waals surface area contributed by atoms with Gasteiger partial charge in [0.05, 0.1) is 5.92 Å². The van der Waals surface area contributed by atoms with Crippen molar-refractivity contribution in [3.05, 3.63) is 60.7 Å². The number of hydrogen-bond donors (Lipinski definition) is 1. The lowest BCUT2D eigenvalue weighted by molar-refractivity contribution is -0.144. The van der Waals surface area contributed by atoms with E-state index in [-0.39, 0.29) is 17.3 Å². The molecule has 0 radical (unpaired) electrons. The fourth-order valence-corrected chi connectivity index (χ4v) is 3.68. The lowest BCUT2D eigenvalue weighted by Crippen LogP contribution is -2.32. The molecule has 2 heteroatoms. The first kappa shape index (κ1) is 11.3. The number of carboxylic acid groups (broad SMARTS) is 1. The molecule has 2 bridgehead atoms. The molecule has 92 valence electrons. The summed E-state index contributed by atoms with van der Waals surface area (Å²) in [7, 11) is 0. The minimum Gasteiger partial charge on any atom is -0.481 e. The van der Waals surface area contributed by atoms with E-state index < -0.39 is 5.97 Å². The van der Waals surface area contributed by atoms with Gasteiger partial charge in [0.15, 0.2) is 0 Å². The first-order valence-electron chi connectivity index (χ1n) is 6.29. The Balaban J connectivity index is 2.08. The highest BCUT2D eigenvalue weighted by molar-refractivity contribution is 5.75. The number of fused-ring (bicyclic) bond motifs is 2. The maximum atomic E-state index is 11.7. The highest BCUT2D eigenvalue weighted by Gasteiger charge is 2.56. The zero-order chi connectivity index (χ0) is 12.8. The molecule has 0 amide bonds. The van der Waals surface area contributed by atoms with E-state index in [0.717, 1.165) is 12.0 Å². The predicted octanol–water partition coefficient (Wildman–Crippen LogP) is 3.23. The summed E-state index contributed by atoms with van der Waals surface area (Å²) in [5.74, 6) is -0.693. The van der Waals surface area contributed by atoms with Crippen molar-refractivity contribution in [1.82, 2.24) is 0 Å². The molecule has 1 aromatic rings. The average molecular weight is 240 g/mol. The van der Waals surface area contributed by atoms with Gasteiger partial charge in [0, 0.05) is 11.3 Å². The van der Waals surface area contributed by atoms with Gasteiger partial charge < -0.3 is 5.11 Å². The second kappa shape index (κ2) is 3.84. The predicted molar refractivity (Wildman–Crippen MR) is 70.2 cm³/mol. The van der Waals surface area contributed by atoms with Crippen LogP contribution in [0.25, 0.3) is 0 Å². The van der Waals surface area contributed by atoms with Crippen LogP contribution >= 0.6 is 0 Å². The van der Waals surface area contributed by atoms with E-state index in [0.29, 0.717) is 5.92 Å². The summed E-state index contributed by atoms with van der Waals surface area (Å²) in [5, 5.41) is 9.58. The zero-order valence-corrected chi connectivity index (χ0v) is 10.1. The van der Waals surface area contributed by atoms with Crippen LogP contribution in [0.2, 0.25) is 0 Å². The summed E-state index contributed by atoms with van der Waals surface area (Å²) in [6, 6.07) is 9.98. The van der Waals surface area contributed by atoms with Crippen molar-refractivity contribution < 1.29 is 9.90 Å². The van der Waals surface area contributed by atoms with Crippen LogP contribution in [0.4, 0.5) is 0 Å². The van der Waals surface area contributed by atoms with Gasteiger partial charge in [-0.1, -0.05) is 48.6 Å². The van der Waals surface area contributed by atoms with Crippen molar-refractivity contribution in [2.24, 2.45) is 17.3 Å². The normalized spacial score (nSPS) is 36.8. The molecule has 0 saturated heterocycles. The fraction of sp³-hybridized carbons (Fsp3) is 0.312. The Morgan fingerprint density at radius 2 is 2.11 bits per heavy atom. The first-order chi connectivity index (χ1) is 8.68. The van der Waals surface area contributed by atoms with Gasteiger partial charge in [0.2, 0.25) is 0 Å². The van der Waals surface area contributed by atoms with E-state index in [1.807, 2.05) is 42.5 Å². The van der Waals surface area contributed by atoms with E-state index in [4.69, 9.17) is 0 Å². The van der Waals surface area contributed by atoms with Gasteiger partial charge in [-0.2, -0.15) is 0 Å². The standard InChI is InChI=1S/C16H16O2/c1-2-16-9-8-12(10-16)13(14(16)15(17)18)11-6-4-3-5-7-11/h2-9,12-14H,1,10H2,(H,17,18). The van der Waals surface area contributed by atoms with Crippen LogP contribution in [0.5, 0.6) is 0 Å². The van der Waals surface area contributed by atoms with Crippen molar-refractivity contribution in [3.63, 3.8) is 0 Å². The lowest BCUT2D eigenvalue weighted by Gasteiger charge is -2.31. The summed E-state index contributed by atoms with van der Waals surface area (Å²) in [4.78, 5) is 11.7. The summed E-state index contributed by atoms with van der Waals surface area (Å²) >= 11 is 0. The molecular weight excluding hydrogens is 224 g/mol. The molecule has 2 nitrogen and oxygen atoms in total. The quantitative estimate of drug-likeness (QED) is 0.823. The highest BCUT2D eigenvalue weighted by atomic mass is 16.4.